The SMILES string of the molecule is CCCC(C)N(C)CC1CC(CC)CCC1NCC. The fraction of sp³-hybridized carbons (Fsp3) is 1.00. The summed E-state index contributed by atoms with van der Waals surface area (Å²) in [5, 5.41) is 3.73. The molecule has 2 nitrogen and oxygen atoms in total. The van der Waals surface area contributed by atoms with Crippen LogP contribution in [0.3, 0.4) is 0 Å². The van der Waals surface area contributed by atoms with Crippen molar-refractivity contribution in [1.29, 1.82) is 0 Å². The van der Waals surface area contributed by atoms with Crippen molar-refractivity contribution < 1.29 is 0 Å². The summed E-state index contributed by atoms with van der Waals surface area (Å²) in [5.41, 5.74) is 0. The number of hydrogen-bond donors (Lipinski definition) is 1. The molecule has 0 aliphatic heterocycles. The second-order valence-corrected chi connectivity index (χ2v) is 6.59. The highest BCUT2D eigenvalue weighted by Gasteiger charge is 2.30. The van der Waals surface area contributed by atoms with Gasteiger partial charge in [-0.1, -0.05) is 33.6 Å². The third-order valence-electron chi connectivity index (χ3n) is 5.12. The Morgan fingerprint density at radius 3 is 2.53 bits per heavy atom. The van der Waals surface area contributed by atoms with Crippen LogP contribution in [0.4, 0.5) is 0 Å². The Morgan fingerprint density at radius 2 is 1.95 bits per heavy atom. The third kappa shape index (κ3) is 5.43. The Balaban J connectivity index is 2.53. The van der Waals surface area contributed by atoms with E-state index in [0.29, 0.717) is 0 Å². The van der Waals surface area contributed by atoms with E-state index in [-0.39, 0.29) is 0 Å². The smallest absolute Gasteiger partial charge is 0.0108 e. The zero-order valence-electron chi connectivity index (χ0n) is 13.9. The minimum absolute atomic E-state index is 0.731. The van der Waals surface area contributed by atoms with Crippen molar-refractivity contribution in [2.45, 2.75) is 78.3 Å². The van der Waals surface area contributed by atoms with Gasteiger partial charge in [0.05, 0.1) is 0 Å². The van der Waals surface area contributed by atoms with E-state index in [1.807, 2.05) is 0 Å². The molecule has 0 aromatic heterocycles. The van der Waals surface area contributed by atoms with Gasteiger partial charge >= 0.3 is 0 Å². The number of hydrogen-bond acceptors (Lipinski definition) is 2. The van der Waals surface area contributed by atoms with Crippen molar-refractivity contribution in [2.75, 3.05) is 20.1 Å². The molecule has 0 spiro atoms. The first-order valence-corrected chi connectivity index (χ1v) is 8.55. The first kappa shape index (κ1) is 17.0. The maximum Gasteiger partial charge on any atom is 0.0108 e. The molecule has 0 saturated heterocycles. The molecule has 1 aliphatic rings. The van der Waals surface area contributed by atoms with Gasteiger partial charge in [-0.2, -0.15) is 0 Å². The molecule has 0 aromatic carbocycles. The van der Waals surface area contributed by atoms with Crippen LogP contribution in [0.25, 0.3) is 0 Å². The monoisotopic (exact) mass is 268 g/mol. The van der Waals surface area contributed by atoms with Gasteiger partial charge in [0, 0.05) is 18.6 Å². The van der Waals surface area contributed by atoms with E-state index in [0.717, 1.165) is 30.5 Å². The van der Waals surface area contributed by atoms with Crippen LogP contribution in [-0.4, -0.2) is 37.1 Å². The summed E-state index contributed by atoms with van der Waals surface area (Å²) in [7, 11) is 2.32. The van der Waals surface area contributed by atoms with Crippen LogP contribution in [0.2, 0.25) is 0 Å². The Morgan fingerprint density at radius 1 is 1.21 bits per heavy atom. The first-order valence-electron chi connectivity index (χ1n) is 8.55. The molecule has 1 saturated carbocycles. The van der Waals surface area contributed by atoms with E-state index >= 15 is 0 Å². The largest absolute Gasteiger partial charge is 0.314 e. The summed E-state index contributed by atoms with van der Waals surface area (Å²) in [5.74, 6) is 1.82. The maximum absolute atomic E-state index is 3.73. The minimum atomic E-state index is 0.731. The van der Waals surface area contributed by atoms with Crippen molar-refractivity contribution in [3.63, 3.8) is 0 Å². The molecule has 1 rings (SSSR count). The summed E-state index contributed by atoms with van der Waals surface area (Å²) in [6.45, 7) is 11.7. The molecule has 0 bridgehead atoms. The lowest BCUT2D eigenvalue weighted by atomic mass is 9.76. The average Bonchev–Trinajstić information content (AvgIpc) is 2.41. The highest BCUT2D eigenvalue weighted by atomic mass is 15.1. The van der Waals surface area contributed by atoms with E-state index in [1.54, 1.807) is 0 Å². The summed E-state index contributed by atoms with van der Waals surface area (Å²) >= 11 is 0. The average molecular weight is 268 g/mol. The highest BCUT2D eigenvalue weighted by Crippen LogP contribution is 2.32. The van der Waals surface area contributed by atoms with E-state index in [4.69, 9.17) is 0 Å². The molecule has 114 valence electrons. The Kier molecular flexibility index (Phi) is 8.01. The second kappa shape index (κ2) is 8.97. The van der Waals surface area contributed by atoms with Crippen molar-refractivity contribution in [3.8, 4) is 0 Å². The molecule has 1 N–H and O–H groups in total. The highest BCUT2D eigenvalue weighted by molar-refractivity contribution is 4.86. The zero-order chi connectivity index (χ0) is 14.3. The lowest BCUT2D eigenvalue weighted by Crippen LogP contribution is -2.46. The van der Waals surface area contributed by atoms with Gasteiger partial charge in [-0.05, 0) is 58.0 Å². The van der Waals surface area contributed by atoms with Crippen molar-refractivity contribution >= 4 is 0 Å². The molecule has 0 aromatic rings. The second-order valence-electron chi connectivity index (χ2n) is 6.59. The van der Waals surface area contributed by atoms with Crippen LogP contribution in [0.5, 0.6) is 0 Å². The fourth-order valence-electron chi connectivity index (χ4n) is 3.65. The number of rotatable bonds is 8. The standard InChI is InChI=1S/C17H36N2/c1-6-9-14(4)19(5)13-16-12-15(7-2)10-11-17(16)18-8-3/h14-18H,6-13H2,1-5H3. The van der Waals surface area contributed by atoms with Gasteiger partial charge in [-0.25, -0.2) is 0 Å². The Bertz CT molecular complexity index is 229. The van der Waals surface area contributed by atoms with Crippen molar-refractivity contribution in [2.24, 2.45) is 11.8 Å². The summed E-state index contributed by atoms with van der Waals surface area (Å²) in [6, 6.07) is 1.48. The van der Waals surface area contributed by atoms with E-state index in [2.05, 4.69) is 45.0 Å². The van der Waals surface area contributed by atoms with Gasteiger partial charge in [0.1, 0.15) is 0 Å². The summed E-state index contributed by atoms with van der Waals surface area (Å²) in [4.78, 5) is 2.59. The maximum atomic E-state index is 3.73. The molecule has 0 heterocycles. The topological polar surface area (TPSA) is 15.3 Å². The van der Waals surface area contributed by atoms with Gasteiger partial charge in [0.25, 0.3) is 0 Å². The molecule has 2 heteroatoms. The van der Waals surface area contributed by atoms with Crippen molar-refractivity contribution in [1.82, 2.24) is 10.2 Å². The van der Waals surface area contributed by atoms with Gasteiger partial charge in [-0.3, -0.25) is 0 Å². The minimum Gasteiger partial charge on any atom is -0.314 e. The van der Waals surface area contributed by atoms with Gasteiger partial charge in [0.2, 0.25) is 0 Å². The quantitative estimate of drug-likeness (QED) is 0.718. The van der Waals surface area contributed by atoms with Crippen molar-refractivity contribution in [3.05, 3.63) is 0 Å². The molecule has 1 fully saturated rings. The van der Waals surface area contributed by atoms with Gasteiger partial charge in [0.15, 0.2) is 0 Å². The van der Waals surface area contributed by atoms with Gasteiger partial charge in [-0.15, -0.1) is 0 Å². The number of nitrogens with one attached hydrogen (secondary N) is 1. The predicted molar refractivity (Wildman–Crippen MR) is 85.6 cm³/mol. The van der Waals surface area contributed by atoms with E-state index < -0.39 is 0 Å². The lowest BCUT2D eigenvalue weighted by molar-refractivity contribution is 0.130. The van der Waals surface area contributed by atoms with Crippen LogP contribution in [0, 0.1) is 11.8 Å². The first-order chi connectivity index (χ1) is 9.12. The Hall–Kier alpha value is -0.0800. The molecule has 0 amide bonds. The van der Waals surface area contributed by atoms with Crippen LogP contribution < -0.4 is 5.32 Å². The molecule has 1 aliphatic carbocycles. The Labute approximate surface area is 121 Å². The van der Waals surface area contributed by atoms with E-state index in [9.17, 15) is 0 Å². The third-order valence-corrected chi connectivity index (χ3v) is 5.12. The molecular weight excluding hydrogens is 232 g/mol. The predicted octanol–water partition coefficient (Wildman–Crippen LogP) is 3.91. The summed E-state index contributed by atoms with van der Waals surface area (Å²) in [6.07, 6.45) is 8.23. The molecule has 0 radical (unpaired) electrons. The van der Waals surface area contributed by atoms with E-state index in [1.165, 1.54) is 45.1 Å². The number of nitrogens with zero attached hydrogens (tertiary/aromatic N) is 1. The van der Waals surface area contributed by atoms with Crippen LogP contribution in [-0.2, 0) is 0 Å². The van der Waals surface area contributed by atoms with Crippen LogP contribution in [0.15, 0.2) is 0 Å². The summed E-state index contributed by atoms with van der Waals surface area (Å²) < 4.78 is 0. The lowest BCUT2D eigenvalue weighted by Gasteiger charge is -2.39. The molecule has 19 heavy (non-hydrogen) atoms. The normalized spacial score (nSPS) is 29.7. The molecular formula is C17H36N2. The van der Waals surface area contributed by atoms with Crippen LogP contribution in [0.1, 0.15) is 66.2 Å². The molecule has 4 unspecified atom stereocenters. The van der Waals surface area contributed by atoms with Crippen LogP contribution >= 0.6 is 0 Å². The molecule has 4 atom stereocenters. The zero-order valence-corrected chi connectivity index (χ0v) is 13.9. The van der Waals surface area contributed by atoms with Gasteiger partial charge < -0.3 is 10.2 Å². The fourth-order valence-corrected chi connectivity index (χ4v) is 3.65.